The maximum absolute atomic E-state index is 4.18. The van der Waals surface area contributed by atoms with Crippen molar-refractivity contribution >= 4 is 10.9 Å². The monoisotopic (exact) mass is 202 g/mol. The van der Waals surface area contributed by atoms with Gasteiger partial charge in [0.05, 0.1) is 5.52 Å². The van der Waals surface area contributed by atoms with E-state index in [4.69, 9.17) is 0 Å². The Kier molecular flexibility index (Phi) is 4.25. The zero-order valence-electron chi connectivity index (χ0n) is 9.19. The molecule has 15 heavy (non-hydrogen) atoms. The number of benzene rings is 1. The standard InChI is InChI=1S/C9H7N.C4H8.H3N/c1-2-6-9-8(4-1)5-3-7-10-9;1-4-2-3-4;/h1-7H;4H,2-3H2,1H3;1H3. The first-order valence-electron chi connectivity index (χ1n) is 5.16. The zero-order chi connectivity index (χ0) is 9.80. The maximum Gasteiger partial charge on any atom is 0.0701 e. The van der Waals surface area contributed by atoms with Crippen LogP contribution in [0.25, 0.3) is 10.9 Å². The summed E-state index contributed by atoms with van der Waals surface area (Å²) in [6, 6.07) is 12.1. The third-order valence-electron chi connectivity index (χ3n) is 2.38. The number of aromatic nitrogens is 1. The summed E-state index contributed by atoms with van der Waals surface area (Å²) in [5.41, 5.74) is 1.06. The van der Waals surface area contributed by atoms with Crippen LogP contribution >= 0.6 is 0 Å². The van der Waals surface area contributed by atoms with Crippen LogP contribution in [0.2, 0.25) is 0 Å². The van der Waals surface area contributed by atoms with Crippen molar-refractivity contribution < 1.29 is 0 Å². The summed E-state index contributed by atoms with van der Waals surface area (Å²) < 4.78 is 0. The lowest BCUT2D eigenvalue weighted by atomic mass is 10.2. The molecule has 2 aromatic rings. The second-order valence-corrected chi connectivity index (χ2v) is 3.88. The molecule has 1 aromatic carbocycles. The summed E-state index contributed by atoms with van der Waals surface area (Å²) in [5.74, 6) is 1.08. The van der Waals surface area contributed by atoms with Gasteiger partial charge in [0.25, 0.3) is 0 Å². The van der Waals surface area contributed by atoms with Crippen molar-refractivity contribution in [3.8, 4) is 0 Å². The van der Waals surface area contributed by atoms with Crippen molar-refractivity contribution in [2.75, 3.05) is 0 Å². The average Bonchev–Trinajstić information content (AvgIpc) is 3.02. The first-order chi connectivity index (χ1) is 6.86. The minimum atomic E-state index is 0. The fourth-order valence-electron chi connectivity index (χ4n) is 1.18. The fraction of sp³-hybridized carbons (Fsp3) is 0.308. The molecule has 1 fully saturated rings. The minimum Gasteiger partial charge on any atom is -0.344 e. The molecule has 1 heterocycles. The molecule has 3 rings (SSSR count). The summed E-state index contributed by atoms with van der Waals surface area (Å²) in [4.78, 5) is 4.18. The number of hydrogen-bond donors (Lipinski definition) is 1. The van der Waals surface area contributed by atoms with Crippen LogP contribution in [-0.4, -0.2) is 4.98 Å². The molecule has 2 nitrogen and oxygen atoms in total. The summed E-state index contributed by atoms with van der Waals surface area (Å²) in [6.45, 7) is 2.28. The van der Waals surface area contributed by atoms with E-state index in [0.29, 0.717) is 0 Å². The maximum atomic E-state index is 4.18. The van der Waals surface area contributed by atoms with Crippen molar-refractivity contribution in [1.82, 2.24) is 11.1 Å². The highest BCUT2D eigenvalue weighted by atomic mass is 14.6. The van der Waals surface area contributed by atoms with Crippen LogP contribution in [0.1, 0.15) is 19.8 Å². The van der Waals surface area contributed by atoms with E-state index in [-0.39, 0.29) is 6.15 Å². The number of pyridine rings is 1. The molecule has 1 aromatic heterocycles. The molecule has 0 radical (unpaired) electrons. The van der Waals surface area contributed by atoms with E-state index in [1.807, 2.05) is 30.5 Å². The Morgan fingerprint density at radius 1 is 1.07 bits per heavy atom. The van der Waals surface area contributed by atoms with Gasteiger partial charge in [-0.25, -0.2) is 0 Å². The Labute approximate surface area is 90.9 Å². The smallest absolute Gasteiger partial charge is 0.0701 e. The van der Waals surface area contributed by atoms with Crippen molar-refractivity contribution in [2.24, 2.45) is 5.92 Å². The highest BCUT2D eigenvalue weighted by Crippen LogP contribution is 2.26. The summed E-state index contributed by atoms with van der Waals surface area (Å²) in [5, 5.41) is 1.20. The van der Waals surface area contributed by atoms with Crippen LogP contribution in [0.4, 0.5) is 0 Å². The van der Waals surface area contributed by atoms with Gasteiger partial charge < -0.3 is 6.15 Å². The molecule has 0 spiro atoms. The predicted molar refractivity (Wildman–Crippen MR) is 65.2 cm³/mol. The van der Waals surface area contributed by atoms with Gasteiger partial charge in [0.2, 0.25) is 0 Å². The molecule has 3 N–H and O–H groups in total. The van der Waals surface area contributed by atoms with Crippen LogP contribution in [0.3, 0.4) is 0 Å². The van der Waals surface area contributed by atoms with Crippen molar-refractivity contribution in [3.05, 3.63) is 42.6 Å². The van der Waals surface area contributed by atoms with Gasteiger partial charge >= 0.3 is 0 Å². The molecule has 0 amide bonds. The first kappa shape index (κ1) is 11.7. The molecule has 0 aliphatic heterocycles. The highest BCUT2D eigenvalue weighted by molar-refractivity contribution is 5.77. The summed E-state index contributed by atoms with van der Waals surface area (Å²) >= 11 is 0. The number of para-hydroxylation sites is 1. The summed E-state index contributed by atoms with van der Waals surface area (Å²) in [6.07, 6.45) is 4.78. The molecule has 0 bridgehead atoms. The highest BCUT2D eigenvalue weighted by Gasteiger charge is 2.12. The molecule has 1 aliphatic rings. The van der Waals surface area contributed by atoms with Crippen molar-refractivity contribution in [2.45, 2.75) is 19.8 Å². The van der Waals surface area contributed by atoms with Gasteiger partial charge in [-0.2, -0.15) is 0 Å². The molecule has 0 unspecified atom stereocenters. The quantitative estimate of drug-likeness (QED) is 0.706. The van der Waals surface area contributed by atoms with E-state index in [1.165, 1.54) is 18.2 Å². The van der Waals surface area contributed by atoms with Gasteiger partial charge in [0.15, 0.2) is 0 Å². The lowest BCUT2D eigenvalue weighted by molar-refractivity contribution is 0.983. The van der Waals surface area contributed by atoms with Gasteiger partial charge in [-0.15, -0.1) is 0 Å². The number of hydrogen-bond acceptors (Lipinski definition) is 2. The number of nitrogens with zero attached hydrogens (tertiary/aromatic N) is 1. The van der Waals surface area contributed by atoms with Crippen molar-refractivity contribution in [3.63, 3.8) is 0 Å². The average molecular weight is 202 g/mol. The topological polar surface area (TPSA) is 47.9 Å². The third kappa shape index (κ3) is 3.68. The van der Waals surface area contributed by atoms with Crippen molar-refractivity contribution in [1.29, 1.82) is 0 Å². The lowest BCUT2D eigenvalue weighted by Gasteiger charge is -1.91. The molecular formula is C13H18N2. The molecule has 0 saturated heterocycles. The van der Waals surface area contributed by atoms with Crippen LogP contribution in [0.15, 0.2) is 42.6 Å². The Hall–Kier alpha value is -1.41. The SMILES string of the molecule is CC1CC1.N.c1ccc2ncccc2c1. The Morgan fingerprint density at radius 2 is 1.67 bits per heavy atom. The second-order valence-electron chi connectivity index (χ2n) is 3.88. The third-order valence-corrected chi connectivity index (χ3v) is 2.38. The Bertz CT molecular complexity index is 342. The molecule has 2 heteroatoms. The van der Waals surface area contributed by atoms with E-state index in [1.54, 1.807) is 0 Å². The van der Waals surface area contributed by atoms with Gasteiger partial charge in [0.1, 0.15) is 0 Å². The predicted octanol–water partition coefficient (Wildman–Crippen LogP) is 3.81. The normalized spacial score (nSPS) is 13.7. The van der Waals surface area contributed by atoms with Crippen LogP contribution in [0, 0.1) is 5.92 Å². The summed E-state index contributed by atoms with van der Waals surface area (Å²) in [7, 11) is 0. The second kappa shape index (κ2) is 5.47. The van der Waals surface area contributed by atoms with E-state index < -0.39 is 0 Å². The largest absolute Gasteiger partial charge is 0.344 e. The van der Waals surface area contributed by atoms with Crippen LogP contribution < -0.4 is 6.15 Å². The fourth-order valence-corrected chi connectivity index (χ4v) is 1.18. The van der Waals surface area contributed by atoms with E-state index in [2.05, 4.69) is 24.0 Å². The van der Waals surface area contributed by atoms with Gasteiger partial charge in [-0.3, -0.25) is 4.98 Å². The molecule has 1 saturated carbocycles. The number of rotatable bonds is 0. The Morgan fingerprint density at radius 3 is 2.27 bits per heavy atom. The van der Waals surface area contributed by atoms with E-state index in [9.17, 15) is 0 Å². The molecule has 1 aliphatic carbocycles. The number of fused-ring (bicyclic) bond motifs is 1. The Balaban J connectivity index is 0.000000192. The van der Waals surface area contributed by atoms with Gasteiger partial charge in [-0.1, -0.05) is 44.0 Å². The molecule has 80 valence electrons. The zero-order valence-corrected chi connectivity index (χ0v) is 9.19. The van der Waals surface area contributed by atoms with Crippen LogP contribution in [-0.2, 0) is 0 Å². The molecule has 0 atom stereocenters. The molecular weight excluding hydrogens is 184 g/mol. The van der Waals surface area contributed by atoms with Crippen LogP contribution in [0.5, 0.6) is 0 Å². The lowest BCUT2D eigenvalue weighted by Crippen LogP contribution is -1.73. The first-order valence-corrected chi connectivity index (χ1v) is 5.16. The van der Waals surface area contributed by atoms with Gasteiger partial charge in [-0.05, 0) is 18.1 Å². The van der Waals surface area contributed by atoms with Gasteiger partial charge in [0, 0.05) is 11.6 Å². The van der Waals surface area contributed by atoms with E-state index in [0.717, 1.165) is 11.4 Å². The van der Waals surface area contributed by atoms with E-state index >= 15 is 0 Å². The minimum absolute atomic E-state index is 0.